The van der Waals surface area contributed by atoms with Gasteiger partial charge in [0.15, 0.2) is 0 Å². The summed E-state index contributed by atoms with van der Waals surface area (Å²) in [7, 11) is 0. The molecule has 0 fully saturated rings. The van der Waals surface area contributed by atoms with Gasteiger partial charge in [0.05, 0.1) is 18.8 Å². The monoisotopic (exact) mass is 357 g/mol. The van der Waals surface area contributed by atoms with E-state index in [0.717, 1.165) is 10.0 Å². The Kier molecular flexibility index (Phi) is 8.57. The number of halogens is 1. The topological polar surface area (TPSA) is 38.8 Å². The minimum absolute atomic E-state index is 0.00461. The Morgan fingerprint density at radius 3 is 2.24 bits per heavy atom. The van der Waals surface area contributed by atoms with Crippen molar-refractivity contribution in [1.82, 2.24) is 4.90 Å². The van der Waals surface area contributed by atoms with Gasteiger partial charge in [0.1, 0.15) is 0 Å². The summed E-state index contributed by atoms with van der Waals surface area (Å²) in [4.78, 5) is 14.5. The van der Waals surface area contributed by atoms with Crippen LogP contribution < -0.4 is 0 Å². The highest BCUT2D eigenvalue weighted by Crippen LogP contribution is 2.20. The van der Waals surface area contributed by atoms with Crippen molar-refractivity contribution in [2.75, 3.05) is 39.5 Å². The number of carbonyl (C=O) groups is 1. The Morgan fingerprint density at radius 2 is 1.71 bits per heavy atom. The fourth-order valence-electron chi connectivity index (χ4n) is 1.93. The molecule has 4 nitrogen and oxygen atoms in total. The van der Waals surface area contributed by atoms with E-state index in [1.54, 1.807) is 4.90 Å². The van der Waals surface area contributed by atoms with Crippen LogP contribution in [-0.4, -0.2) is 50.3 Å². The van der Waals surface area contributed by atoms with Gasteiger partial charge in [-0.3, -0.25) is 4.79 Å². The van der Waals surface area contributed by atoms with E-state index >= 15 is 0 Å². The lowest BCUT2D eigenvalue weighted by Gasteiger charge is -2.23. The predicted molar refractivity (Wildman–Crippen MR) is 87.8 cm³/mol. The molecule has 118 valence electrons. The molecule has 1 rings (SSSR count). The van der Waals surface area contributed by atoms with Crippen molar-refractivity contribution in [3.8, 4) is 0 Å². The van der Waals surface area contributed by atoms with Crippen molar-refractivity contribution in [2.24, 2.45) is 0 Å². The van der Waals surface area contributed by atoms with Crippen molar-refractivity contribution in [3.63, 3.8) is 0 Å². The molecule has 0 aliphatic rings. The molecule has 1 aromatic rings. The number of hydrogen-bond acceptors (Lipinski definition) is 3. The van der Waals surface area contributed by atoms with Gasteiger partial charge < -0.3 is 14.4 Å². The molecule has 0 N–H and O–H groups in total. The lowest BCUT2D eigenvalue weighted by Crippen LogP contribution is -2.37. The molecule has 0 radical (unpaired) electrons. The first-order valence-electron chi connectivity index (χ1n) is 7.31. The number of nitrogens with zero attached hydrogens (tertiary/aromatic N) is 1. The van der Waals surface area contributed by atoms with Gasteiger partial charge in [-0.25, -0.2) is 0 Å². The Balaban J connectivity index is 2.79. The van der Waals surface area contributed by atoms with Gasteiger partial charge >= 0.3 is 0 Å². The van der Waals surface area contributed by atoms with E-state index in [0.29, 0.717) is 45.1 Å². The largest absolute Gasteiger partial charge is 0.380 e. The molecule has 1 amide bonds. The molecule has 0 heterocycles. The van der Waals surface area contributed by atoms with Crippen molar-refractivity contribution < 1.29 is 14.3 Å². The second-order valence-electron chi connectivity index (χ2n) is 4.67. The van der Waals surface area contributed by atoms with E-state index in [1.807, 2.05) is 39.0 Å². The van der Waals surface area contributed by atoms with Crippen LogP contribution in [0.15, 0.2) is 22.7 Å². The molecule has 0 aliphatic carbocycles. The maximum Gasteiger partial charge on any atom is 0.255 e. The van der Waals surface area contributed by atoms with E-state index < -0.39 is 0 Å². The summed E-state index contributed by atoms with van der Waals surface area (Å²) in [5, 5.41) is 0. The Hall–Kier alpha value is -0.910. The Labute approximate surface area is 135 Å². The molecule has 0 saturated carbocycles. The summed E-state index contributed by atoms with van der Waals surface area (Å²) in [6.45, 7) is 9.40. The highest BCUT2D eigenvalue weighted by atomic mass is 79.9. The zero-order valence-electron chi connectivity index (χ0n) is 13.0. The van der Waals surface area contributed by atoms with Crippen LogP contribution in [0.1, 0.15) is 29.8 Å². The fourth-order valence-corrected chi connectivity index (χ4v) is 2.34. The van der Waals surface area contributed by atoms with E-state index in [-0.39, 0.29) is 5.91 Å². The average Bonchev–Trinajstić information content (AvgIpc) is 2.48. The molecule has 0 aromatic heterocycles. The first kappa shape index (κ1) is 18.1. The molecule has 1 aromatic carbocycles. The van der Waals surface area contributed by atoms with Crippen LogP contribution >= 0.6 is 15.9 Å². The third-order valence-corrected chi connectivity index (χ3v) is 3.75. The van der Waals surface area contributed by atoms with E-state index in [1.165, 1.54) is 0 Å². The first-order valence-corrected chi connectivity index (χ1v) is 8.10. The second-order valence-corrected chi connectivity index (χ2v) is 5.52. The zero-order chi connectivity index (χ0) is 15.7. The van der Waals surface area contributed by atoms with Gasteiger partial charge in [0, 0.05) is 30.8 Å². The number of aryl methyl sites for hydroxylation is 1. The molecule has 21 heavy (non-hydrogen) atoms. The standard InChI is InChI=1S/C16H24BrNO3/c1-4-20-10-8-18(9-11-21-5-2)16(19)14-12-13(3)6-7-15(14)17/h6-7,12H,4-5,8-11H2,1-3H3. The highest BCUT2D eigenvalue weighted by molar-refractivity contribution is 9.10. The number of benzene rings is 1. The van der Waals surface area contributed by atoms with Crippen molar-refractivity contribution in [1.29, 1.82) is 0 Å². The summed E-state index contributed by atoms with van der Waals surface area (Å²) in [6, 6.07) is 5.79. The van der Waals surface area contributed by atoms with Crippen LogP contribution in [-0.2, 0) is 9.47 Å². The van der Waals surface area contributed by atoms with Gasteiger partial charge in [0.25, 0.3) is 5.91 Å². The van der Waals surface area contributed by atoms with Crippen LogP contribution in [0, 0.1) is 6.92 Å². The molecule has 5 heteroatoms. The van der Waals surface area contributed by atoms with Crippen molar-refractivity contribution >= 4 is 21.8 Å². The first-order chi connectivity index (χ1) is 10.1. The molecule has 0 unspecified atom stereocenters. The van der Waals surface area contributed by atoms with Gasteiger partial charge in [-0.15, -0.1) is 0 Å². The minimum Gasteiger partial charge on any atom is -0.380 e. The Bertz CT molecular complexity index is 441. The number of rotatable bonds is 9. The van der Waals surface area contributed by atoms with E-state index in [9.17, 15) is 4.79 Å². The highest BCUT2D eigenvalue weighted by Gasteiger charge is 2.18. The maximum absolute atomic E-state index is 12.7. The summed E-state index contributed by atoms with van der Waals surface area (Å²) in [5.41, 5.74) is 1.75. The molecule has 0 spiro atoms. The quantitative estimate of drug-likeness (QED) is 0.636. The lowest BCUT2D eigenvalue weighted by atomic mass is 10.1. The van der Waals surface area contributed by atoms with Gasteiger partial charge in [-0.2, -0.15) is 0 Å². The van der Waals surface area contributed by atoms with Crippen LogP contribution in [0.25, 0.3) is 0 Å². The third kappa shape index (κ3) is 6.16. The van der Waals surface area contributed by atoms with Crippen LogP contribution in [0.5, 0.6) is 0 Å². The van der Waals surface area contributed by atoms with Crippen molar-refractivity contribution in [2.45, 2.75) is 20.8 Å². The maximum atomic E-state index is 12.7. The lowest BCUT2D eigenvalue weighted by molar-refractivity contribution is 0.0549. The number of hydrogen-bond donors (Lipinski definition) is 0. The summed E-state index contributed by atoms with van der Waals surface area (Å²) in [5.74, 6) is 0.00461. The number of amides is 1. The predicted octanol–water partition coefficient (Wildman–Crippen LogP) is 3.27. The van der Waals surface area contributed by atoms with Crippen LogP contribution in [0.4, 0.5) is 0 Å². The van der Waals surface area contributed by atoms with Gasteiger partial charge in [-0.05, 0) is 48.8 Å². The molecular weight excluding hydrogens is 334 g/mol. The van der Waals surface area contributed by atoms with Crippen LogP contribution in [0.3, 0.4) is 0 Å². The van der Waals surface area contributed by atoms with Gasteiger partial charge in [0.2, 0.25) is 0 Å². The normalized spacial score (nSPS) is 10.7. The SMILES string of the molecule is CCOCCN(CCOCC)C(=O)c1cc(C)ccc1Br. The zero-order valence-corrected chi connectivity index (χ0v) is 14.6. The van der Waals surface area contributed by atoms with Gasteiger partial charge in [-0.1, -0.05) is 11.6 Å². The van der Waals surface area contributed by atoms with E-state index in [2.05, 4.69) is 15.9 Å². The molecule has 0 saturated heterocycles. The molecule has 0 atom stereocenters. The number of carbonyl (C=O) groups excluding carboxylic acids is 1. The smallest absolute Gasteiger partial charge is 0.255 e. The summed E-state index contributed by atoms with van der Waals surface area (Å²) < 4.78 is 11.5. The third-order valence-electron chi connectivity index (χ3n) is 3.06. The molecule has 0 bridgehead atoms. The van der Waals surface area contributed by atoms with E-state index in [4.69, 9.17) is 9.47 Å². The second kappa shape index (κ2) is 9.92. The molecular formula is C16H24BrNO3. The minimum atomic E-state index is 0.00461. The van der Waals surface area contributed by atoms with Crippen LogP contribution in [0.2, 0.25) is 0 Å². The molecule has 0 aliphatic heterocycles. The average molecular weight is 358 g/mol. The number of ether oxygens (including phenoxy) is 2. The van der Waals surface area contributed by atoms with Crippen molar-refractivity contribution in [3.05, 3.63) is 33.8 Å². The summed E-state index contributed by atoms with van der Waals surface area (Å²) >= 11 is 3.45. The fraction of sp³-hybridized carbons (Fsp3) is 0.562. The summed E-state index contributed by atoms with van der Waals surface area (Å²) in [6.07, 6.45) is 0. The Morgan fingerprint density at radius 1 is 1.14 bits per heavy atom.